The van der Waals surface area contributed by atoms with E-state index in [0.29, 0.717) is 30.4 Å². The van der Waals surface area contributed by atoms with Crippen molar-refractivity contribution >= 4 is 5.91 Å². The van der Waals surface area contributed by atoms with Gasteiger partial charge in [0.2, 0.25) is 0 Å². The highest BCUT2D eigenvalue weighted by atomic mass is 16.5. The van der Waals surface area contributed by atoms with E-state index < -0.39 is 0 Å². The molecule has 21 heavy (non-hydrogen) atoms. The van der Waals surface area contributed by atoms with Crippen LogP contribution in [-0.4, -0.2) is 48.7 Å². The van der Waals surface area contributed by atoms with Crippen LogP contribution in [0.3, 0.4) is 0 Å². The van der Waals surface area contributed by atoms with Crippen LogP contribution in [0.5, 0.6) is 11.5 Å². The van der Waals surface area contributed by atoms with Crippen LogP contribution in [-0.2, 0) is 0 Å². The highest BCUT2D eigenvalue weighted by Crippen LogP contribution is 2.30. The Morgan fingerprint density at radius 1 is 1.52 bits per heavy atom. The highest BCUT2D eigenvalue weighted by molar-refractivity contribution is 5.97. The second-order valence-electron chi connectivity index (χ2n) is 5.40. The Morgan fingerprint density at radius 3 is 2.95 bits per heavy atom. The van der Waals surface area contributed by atoms with Crippen molar-refractivity contribution in [1.29, 1.82) is 0 Å². The Morgan fingerprint density at radius 2 is 2.33 bits per heavy atom. The van der Waals surface area contributed by atoms with Crippen LogP contribution >= 0.6 is 0 Å². The molecule has 0 radical (unpaired) electrons. The lowest BCUT2D eigenvalue weighted by Crippen LogP contribution is -2.41. The number of nitrogens with one attached hydrogen (secondary N) is 1. The monoisotopic (exact) mass is 292 g/mol. The van der Waals surface area contributed by atoms with Gasteiger partial charge in [-0.15, -0.1) is 0 Å². The van der Waals surface area contributed by atoms with Crippen molar-refractivity contribution in [2.24, 2.45) is 0 Å². The van der Waals surface area contributed by atoms with E-state index in [2.05, 4.69) is 5.32 Å². The number of methoxy groups -OCH3 is 1. The Labute approximate surface area is 125 Å². The summed E-state index contributed by atoms with van der Waals surface area (Å²) in [5.41, 5.74) is 0.306. The SMILES string of the molecule is CCCN(CC1CCCN1)C(=O)c1cccc(OC)c1O. The molecule has 0 aromatic heterocycles. The minimum atomic E-state index is -0.137. The zero-order chi connectivity index (χ0) is 15.2. The van der Waals surface area contributed by atoms with Crippen molar-refractivity contribution in [2.45, 2.75) is 32.2 Å². The molecule has 1 aromatic rings. The van der Waals surface area contributed by atoms with E-state index >= 15 is 0 Å². The van der Waals surface area contributed by atoms with Crippen molar-refractivity contribution in [3.63, 3.8) is 0 Å². The predicted octanol–water partition coefficient (Wildman–Crippen LogP) is 2.01. The summed E-state index contributed by atoms with van der Waals surface area (Å²) in [6, 6.07) is 5.37. The van der Waals surface area contributed by atoms with E-state index in [1.54, 1.807) is 18.2 Å². The number of hydrogen-bond donors (Lipinski definition) is 2. The molecule has 1 heterocycles. The smallest absolute Gasteiger partial charge is 0.257 e. The fourth-order valence-corrected chi connectivity index (χ4v) is 2.75. The fraction of sp³-hybridized carbons (Fsp3) is 0.562. The number of hydrogen-bond acceptors (Lipinski definition) is 4. The number of ether oxygens (including phenoxy) is 1. The van der Waals surface area contributed by atoms with Gasteiger partial charge in [-0.1, -0.05) is 13.0 Å². The summed E-state index contributed by atoms with van der Waals surface area (Å²) in [5.74, 6) is 0.115. The van der Waals surface area contributed by atoms with E-state index in [9.17, 15) is 9.90 Å². The summed E-state index contributed by atoms with van der Waals surface area (Å²) in [4.78, 5) is 14.5. The molecule has 1 fully saturated rings. The Kier molecular flexibility index (Phi) is 5.44. The van der Waals surface area contributed by atoms with Crippen molar-refractivity contribution in [3.8, 4) is 11.5 Å². The van der Waals surface area contributed by atoms with Crippen LogP contribution in [0, 0.1) is 0 Å². The van der Waals surface area contributed by atoms with Crippen LogP contribution < -0.4 is 10.1 Å². The van der Waals surface area contributed by atoms with E-state index in [4.69, 9.17) is 4.74 Å². The van der Waals surface area contributed by atoms with Gasteiger partial charge in [0.05, 0.1) is 12.7 Å². The lowest BCUT2D eigenvalue weighted by molar-refractivity contribution is 0.0738. The summed E-state index contributed by atoms with van der Waals surface area (Å²) in [5, 5.41) is 13.6. The second kappa shape index (κ2) is 7.31. The quantitative estimate of drug-likeness (QED) is 0.842. The van der Waals surface area contributed by atoms with Gasteiger partial charge in [0.1, 0.15) is 0 Å². The summed E-state index contributed by atoms with van der Waals surface area (Å²) in [6.07, 6.45) is 3.14. The first-order valence-electron chi connectivity index (χ1n) is 7.56. The van der Waals surface area contributed by atoms with Crippen LogP contribution in [0.25, 0.3) is 0 Å². The molecule has 1 unspecified atom stereocenters. The summed E-state index contributed by atoms with van der Waals surface area (Å²) in [7, 11) is 1.48. The van der Waals surface area contributed by atoms with Gasteiger partial charge in [0.15, 0.2) is 11.5 Å². The number of amides is 1. The molecule has 0 spiro atoms. The molecule has 2 N–H and O–H groups in total. The number of carbonyl (C=O) groups excluding carboxylic acids is 1. The molecule has 0 bridgehead atoms. The maximum absolute atomic E-state index is 12.7. The van der Waals surface area contributed by atoms with Crippen LogP contribution in [0.2, 0.25) is 0 Å². The third-order valence-corrected chi connectivity index (χ3v) is 3.83. The molecule has 1 atom stereocenters. The van der Waals surface area contributed by atoms with E-state index in [-0.39, 0.29) is 11.7 Å². The number of carbonyl (C=O) groups is 1. The molecule has 1 aliphatic heterocycles. The van der Waals surface area contributed by atoms with Gasteiger partial charge in [-0.3, -0.25) is 4.79 Å². The number of benzene rings is 1. The largest absolute Gasteiger partial charge is 0.504 e. The fourth-order valence-electron chi connectivity index (χ4n) is 2.75. The van der Waals surface area contributed by atoms with Gasteiger partial charge < -0.3 is 20.1 Å². The molecule has 5 heteroatoms. The summed E-state index contributed by atoms with van der Waals surface area (Å²) in [6.45, 7) is 4.44. The number of aromatic hydroxyl groups is 1. The van der Waals surface area contributed by atoms with Crippen LogP contribution in [0.4, 0.5) is 0 Å². The van der Waals surface area contributed by atoms with Crippen molar-refractivity contribution in [2.75, 3.05) is 26.7 Å². The lowest BCUT2D eigenvalue weighted by atomic mass is 10.1. The minimum absolute atomic E-state index is 0.0783. The van der Waals surface area contributed by atoms with E-state index in [1.165, 1.54) is 7.11 Å². The van der Waals surface area contributed by atoms with Crippen LogP contribution in [0.15, 0.2) is 18.2 Å². The number of nitrogens with zero attached hydrogens (tertiary/aromatic N) is 1. The molecule has 1 aliphatic rings. The number of phenolic OH excluding ortho intramolecular Hbond substituents is 1. The Bertz CT molecular complexity index is 484. The molecule has 1 saturated heterocycles. The van der Waals surface area contributed by atoms with Gasteiger partial charge in [0.25, 0.3) is 5.91 Å². The molecule has 1 amide bonds. The van der Waals surface area contributed by atoms with Crippen molar-refractivity contribution in [1.82, 2.24) is 10.2 Å². The zero-order valence-corrected chi connectivity index (χ0v) is 12.8. The molecule has 2 rings (SSSR count). The zero-order valence-electron chi connectivity index (χ0n) is 12.8. The van der Waals surface area contributed by atoms with E-state index in [1.807, 2.05) is 11.8 Å². The Balaban J connectivity index is 2.17. The van der Waals surface area contributed by atoms with Gasteiger partial charge >= 0.3 is 0 Å². The van der Waals surface area contributed by atoms with Gasteiger partial charge in [-0.25, -0.2) is 0 Å². The summed E-state index contributed by atoms with van der Waals surface area (Å²) >= 11 is 0. The molecule has 1 aromatic carbocycles. The van der Waals surface area contributed by atoms with Crippen LogP contribution in [0.1, 0.15) is 36.5 Å². The van der Waals surface area contributed by atoms with Gasteiger partial charge in [0, 0.05) is 19.1 Å². The highest BCUT2D eigenvalue weighted by Gasteiger charge is 2.24. The predicted molar refractivity (Wildman–Crippen MR) is 81.9 cm³/mol. The molecular formula is C16H24N2O3. The number of para-hydroxylation sites is 1. The van der Waals surface area contributed by atoms with Crippen molar-refractivity contribution < 1.29 is 14.6 Å². The lowest BCUT2D eigenvalue weighted by Gasteiger charge is -2.26. The van der Waals surface area contributed by atoms with Gasteiger partial charge in [-0.2, -0.15) is 0 Å². The van der Waals surface area contributed by atoms with Gasteiger partial charge in [-0.05, 0) is 37.9 Å². The summed E-state index contributed by atoms with van der Waals surface area (Å²) < 4.78 is 5.08. The Hall–Kier alpha value is -1.75. The molecule has 0 aliphatic carbocycles. The molecule has 0 saturated carbocycles. The molecule has 5 nitrogen and oxygen atoms in total. The maximum atomic E-state index is 12.7. The average molecular weight is 292 g/mol. The third-order valence-electron chi connectivity index (χ3n) is 3.83. The third kappa shape index (κ3) is 3.67. The number of phenols is 1. The topological polar surface area (TPSA) is 61.8 Å². The molecular weight excluding hydrogens is 268 g/mol. The first-order valence-corrected chi connectivity index (χ1v) is 7.56. The average Bonchev–Trinajstić information content (AvgIpc) is 2.99. The second-order valence-corrected chi connectivity index (χ2v) is 5.40. The first kappa shape index (κ1) is 15.6. The number of rotatable bonds is 6. The minimum Gasteiger partial charge on any atom is -0.504 e. The molecule has 116 valence electrons. The maximum Gasteiger partial charge on any atom is 0.257 e. The van der Waals surface area contributed by atoms with Crippen molar-refractivity contribution in [3.05, 3.63) is 23.8 Å². The first-order chi connectivity index (χ1) is 10.2. The van der Waals surface area contributed by atoms with E-state index in [0.717, 1.165) is 25.8 Å². The normalized spacial score (nSPS) is 17.7. The standard InChI is InChI=1S/C16H24N2O3/c1-3-10-18(11-12-6-5-9-17-12)16(20)13-7-4-8-14(21-2)15(13)19/h4,7-8,12,17,19H,3,5-6,9-11H2,1-2H3.